The Morgan fingerprint density at radius 2 is 2.10 bits per heavy atom. The minimum atomic E-state index is -0.246. The van der Waals surface area contributed by atoms with E-state index in [1.807, 2.05) is 0 Å². The van der Waals surface area contributed by atoms with Crippen molar-refractivity contribution in [3.8, 4) is 5.75 Å². The summed E-state index contributed by atoms with van der Waals surface area (Å²) in [5.41, 5.74) is 2.18. The number of phenolic OH excluding ortho intramolecular Hbond substituents is 1. The first kappa shape index (κ1) is 11.7. The standard InChI is InChI=1S/C15H9N3O3/c19-7-17-10-2-3-11-14-13(10)15(21)9-5-8(20)1-4-12(9)18(14)6-16-11/h1-7,20H,(H,17,19). The maximum Gasteiger partial charge on any atom is 0.211 e. The molecule has 102 valence electrons. The minimum Gasteiger partial charge on any atom is -0.508 e. The molecule has 0 spiro atoms. The van der Waals surface area contributed by atoms with Crippen LogP contribution in [-0.2, 0) is 4.79 Å². The Kier molecular flexibility index (Phi) is 2.18. The molecule has 2 heterocycles. The molecule has 0 saturated heterocycles. The Balaban J connectivity index is 2.36. The summed E-state index contributed by atoms with van der Waals surface area (Å²) in [6, 6.07) is 8.02. The first-order valence-electron chi connectivity index (χ1n) is 6.29. The minimum absolute atomic E-state index is 0.0164. The van der Waals surface area contributed by atoms with Crippen molar-refractivity contribution < 1.29 is 9.90 Å². The molecule has 0 fully saturated rings. The van der Waals surface area contributed by atoms with Crippen LogP contribution in [0.25, 0.3) is 27.3 Å². The molecule has 0 unspecified atom stereocenters. The van der Waals surface area contributed by atoms with Gasteiger partial charge in [-0.1, -0.05) is 0 Å². The molecular weight excluding hydrogens is 270 g/mol. The topological polar surface area (TPSA) is 83.7 Å². The highest BCUT2D eigenvalue weighted by Crippen LogP contribution is 2.29. The predicted octanol–water partition coefficient (Wildman–Crippen LogP) is 1.71. The van der Waals surface area contributed by atoms with Crippen molar-refractivity contribution in [3.63, 3.8) is 0 Å². The average Bonchev–Trinajstić information content (AvgIpc) is 2.90. The average molecular weight is 279 g/mol. The molecule has 1 amide bonds. The van der Waals surface area contributed by atoms with E-state index in [0.29, 0.717) is 39.4 Å². The predicted molar refractivity (Wildman–Crippen MR) is 79.0 cm³/mol. The van der Waals surface area contributed by atoms with E-state index < -0.39 is 0 Å². The van der Waals surface area contributed by atoms with Gasteiger partial charge in [-0.15, -0.1) is 0 Å². The van der Waals surface area contributed by atoms with E-state index in [1.54, 1.807) is 28.9 Å². The normalized spacial score (nSPS) is 11.4. The van der Waals surface area contributed by atoms with E-state index in [0.717, 1.165) is 0 Å². The van der Waals surface area contributed by atoms with Crippen molar-refractivity contribution >= 4 is 39.4 Å². The molecule has 0 bridgehead atoms. The van der Waals surface area contributed by atoms with E-state index in [2.05, 4.69) is 10.3 Å². The third-order valence-electron chi connectivity index (χ3n) is 3.64. The molecule has 4 rings (SSSR count). The van der Waals surface area contributed by atoms with Gasteiger partial charge >= 0.3 is 0 Å². The van der Waals surface area contributed by atoms with E-state index in [4.69, 9.17) is 0 Å². The molecule has 0 aliphatic rings. The van der Waals surface area contributed by atoms with Crippen molar-refractivity contribution in [3.05, 3.63) is 46.9 Å². The van der Waals surface area contributed by atoms with Gasteiger partial charge in [-0.05, 0) is 30.3 Å². The summed E-state index contributed by atoms with van der Waals surface area (Å²) < 4.78 is 1.79. The van der Waals surface area contributed by atoms with Gasteiger partial charge in [0.05, 0.1) is 33.0 Å². The number of aromatic hydroxyl groups is 1. The summed E-state index contributed by atoms with van der Waals surface area (Å²) in [5, 5.41) is 12.9. The number of rotatable bonds is 2. The van der Waals surface area contributed by atoms with Gasteiger partial charge in [0.2, 0.25) is 6.41 Å². The van der Waals surface area contributed by atoms with E-state index in [-0.39, 0.29) is 11.2 Å². The molecule has 21 heavy (non-hydrogen) atoms. The molecule has 2 aromatic carbocycles. The lowest BCUT2D eigenvalue weighted by Gasteiger charge is -2.08. The van der Waals surface area contributed by atoms with Crippen molar-refractivity contribution in [2.75, 3.05) is 5.32 Å². The van der Waals surface area contributed by atoms with E-state index >= 15 is 0 Å². The van der Waals surface area contributed by atoms with Crippen LogP contribution in [-0.4, -0.2) is 20.9 Å². The lowest BCUT2D eigenvalue weighted by atomic mass is 10.1. The zero-order valence-electron chi connectivity index (χ0n) is 10.7. The second-order valence-electron chi connectivity index (χ2n) is 4.76. The highest BCUT2D eigenvalue weighted by molar-refractivity contribution is 6.08. The second-order valence-corrected chi connectivity index (χ2v) is 4.76. The molecule has 6 heteroatoms. The van der Waals surface area contributed by atoms with Gasteiger partial charge in [0.1, 0.15) is 12.1 Å². The van der Waals surface area contributed by atoms with Crippen molar-refractivity contribution in [1.82, 2.24) is 9.38 Å². The Bertz CT molecular complexity index is 1070. The van der Waals surface area contributed by atoms with Crippen molar-refractivity contribution in [2.24, 2.45) is 0 Å². The number of imidazole rings is 1. The lowest BCUT2D eigenvalue weighted by molar-refractivity contribution is -0.105. The summed E-state index contributed by atoms with van der Waals surface area (Å²) in [4.78, 5) is 27.8. The quantitative estimate of drug-likeness (QED) is 0.432. The number of benzene rings is 2. The van der Waals surface area contributed by atoms with Gasteiger partial charge in [0.25, 0.3) is 0 Å². The highest BCUT2D eigenvalue weighted by atomic mass is 16.3. The SMILES string of the molecule is O=CNc1ccc2ncn3c4ccc(O)cc4c(=O)c1c23. The third kappa shape index (κ3) is 1.44. The Morgan fingerprint density at radius 1 is 1.24 bits per heavy atom. The molecular formula is C15H9N3O3. The summed E-state index contributed by atoms with van der Waals surface area (Å²) in [7, 11) is 0. The van der Waals surface area contributed by atoms with E-state index in [9.17, 15) is 14.7 Å². The first-order chi connectivity index (χ1) is 10.2. The third-order valence-corrected chi connectivity index (χ3v) is 3.64. The van der Waals surface area contributed by atoms with Crippen LogP contribution in [0.3, 0.4) is 0 Å². The maximum absolute atomic E-state index is 12.7. The van der Waals surface area contributed by atoms with Crippen LogP contribution in [0.1, 0.15) is 0 Å². The van der Waals surface area contributed by atoms with Gasteiger partial charge in [0, 0.05) is 0 Å². The molecule has 0 aliphatic carbocycles. The number of amides is 1. The largest absolute Gasteiger partial charge is 0.508 e. The summed E-state index contributed by atoms with van der Waals surface area (Å²) >= 11 is 0. The lowest BCUT2D eigenvalue weighted by Crippen LogP contribution is -2.09. The molecule has 6 nitrogen and oxygen atoms in total. The summed E-state index contributed by atoms with van der Waals surface area (Å²) in [6.45, 7) is 0. The molecule has 0 saturated carbocycles. The van der Waals surface area contributed by atoms with Gasteiger partial charge in [-0.25, -0.2) is 4.98 Å². The first-order valence-corrected chi connectivity index (χ1v) is 6.29. The zero-order valence-corrected chi connectivity index (χ0v) is 10.7. The van der Waals surface area contributed by atoms with Gasteiger partial charge in [-0.2, -0.15) is 0 Å². The number of carbonyl (C=O) groups excluding carboxylic acids is 1. The maximum atomic E-state index is 12.7. The number of anilines is 1. The van der Waals surface area contributed by atoms with Crippen molar-refractivity contribution in [2.45, 2.75) is 0 Å². The fourth-order valence-electron chi connectivity index (χ4n) is 2.75. The van der Waals surface area contributed by atoms with Crippen LogP contribution in [0.5, 0.6) is 5.75 Å². The van der Waals surface area contributed by atoms with Gasteiger partial charge in [0.15, 0.2) is 5.43 Å². The van der Waals surface area contributed by atoms with Crippen LogP contribution < -0.4 is 10.7 Å². The Hall–Kier alpha value is -3.15. The molecule has 0 aliphatic heterocycles. The Labute approximate surface area is 117 Å². The number of nitrogens with zero attached hydrogens (tertiary/aromatic N) is 2. The Morgan fingerprint density at radius 3 is 2.90 bits per heavy atom. The second kappa shape index (κ2) is 3.92. The van der Waals surface area contributed by atoms with Crippen LogP contribution in [0.4, 0.5) is 5.69 Å². The molecule has 4 aromatic rings. The van der Waals surface area contributed by atoms with Crippen molar-refractivity contribution in [1.29, 1.82) is 0 Å². The van der Waals surface area contributed by atoms with Gasteiger partial charge < -0.3 is 10.4 Å². The smallest absolute Gasteiger partial charge is 0.211 e. The number of pyridine rings is 1. The zero-order chi connectivity index (χ0) is 14.6. The molecule has 2 aromatic heterocycles. The highest BCUT2D eigenvalue weighted by Gasteiger charge is 2.16. The molecule has 0 radical (unpaired) electrons. The number of hydrogen-bond donors (Lipinski definition) is 2. The summed E-state index contributed by atoms with van der Waals surface area (Å²) in [6.07, 6.45) is 2.16. The number of fused-ring (bicyclic) bond motifs is 2. The number of hydrogen-bond acceptors (Lipinski definition) is 4. The van der Waals surface area contributed by atoms with E-state index in [1.165, 1.54) is 12.1 Å². The number of carbonyl (C=O) groups is 1. The monoisotopic (exact) mass is 279 g/mol. The fourth-order valence-corrected chi connectivity index (χ4v) is 2.75. The fraction of sp³-hybridized carbons (Fsp3) is 0. The molecule has 2 N–H and O–H groups in total. The van der Waals surface area contributed by atoms with Crippen LogP contribution >= 0.6 is 0 Å². The molecule has 0 atom stereocenters. The number of aromatic nitrogens is 2. The van der Waals surface area contributed by atoms with Crippen LogP contribution in [0.2, 0.25) is 0 Å². The number of nitrogens with one attached hydrogen (secondary N) is 1. The number of phenols is 1. The summed E-state index contributed by atoms with van der Waals surface area (Å²) in [5.74, 6) is 0.0164. The van der Waals surface area contributed by atoms with Crippen LogP contribution in [0, 0.1) is 0 Å². The van der Waals surface area contributed by atoms with Crippen LogP contribution in [0.15, 0.2) is 41.5 Å². The van der Waals surface area contributed by atoms with Gasteiger partial charge in [-0.3, -0.25) is 14.0 Å².